The SMILES string of the molecule is CCOc1ccc(C#N)cc1NC(=O)NC1CCCN(C(=O)OC)C1. The van der Waals surface area contributed by atoms with Crippen molar-refractivity contribution in [2.24, 2.45) is 0 Å². The van der Waals surface area contributed by atoms with Crippen molar-refractivity contribution in [2.45, 2.75) is 25.8 Å². The standard InChI is InChI=1S/C17H22N4O4/c1-3-25-15-7-6-12(10-18)9-14(15)20-16(22)19-13-5-4-8-21(11-13)17(23)24-2/h6-7,9,13H,3-5,8,11H2,1-2H3,(H2,19,20,22). The largest absolute Gasteiger partial charge is 0.492 e. The molecular weight excluding hydrogens is 324 g/mol. The van der Waals surface area contributed by atoms with Gasteiger partial charge in [-0.15, -0.1) is 0 Å². The van der Waals surface area contributed by atoms with Gasteiger partial charge in [0.1, 0.15) is 5.75 Å². The van der Waals surface area contributed by atoms with Crippen LogP contribution >= 0.6 is 0 Å². The third-order valence-corrected chi connectivity index (χ3v) is 3.85. The number of nitriles is 1. The van der Waals surface area contributed by atoms with Gasteiger partial charge in [-0.1, -0.05) is 0 Å². The Hall–Kier alpha value is -2.95. The zero-order valence-corrected chi connectivity index (χ0v) is 14.4. The van der Waals surface area contributed by atoms with Crippen molar-refractivity contribution >= 4 is 17.8 Å². The molecule has 0 aliphatic carbocycles. The van der Waals surface area contributed by atoms with Crippen molar-refractivity contribution in [1.82, 2.24) is 10.2 Å². The van der Waals surface area contributed by atoms with Gasteiger partial charge in [0.15, 0.2) is 0 Å². The summed E-state index contributed by atoms with van der Waals surface area (Å²) in [6, 6.07) is 6.30. The Morgan fingerprint density at radius 2 is 2.24 bits per heavy atom. The summed E-state index contributed by atoms with van der Waals surface area (Å²) >= 11 is 0. The van der Waals surface area contributed by atoms with Gasteiger partial charge >= 0.3 is 12.1 Å². The van der Waals surface area contributed by atoms with Crippen molar-refractivity contribution in [3.05, 3.63) is 23.8 Å². The number of hydrogen-bond acceptors (Lipinski definition) is 5. The van der Waals surface area contributed by atoms with Crippen LogP contribution in [-0.4, -0.2) is 49.9 Å². The highest BCUT2D eigenvalue weighted by Gasteiger charge is 2.25. The maximum Gasteiger partial charge on any atom is 0.409 e. The summed E-state index contributed by atoms with van der Waals surface area (Å²) in [5, 5.41) is 14.6. The molecule has 0 aromatic heterocycles. The summed E-state index contributed by atoms with van der Waals surface area (Å²) in [7, 11) is 1.34. The molecule has 134 valence electrons. The summed E-state index contributed by atoms with van der Waals surface area (Å²) in [5.41, 5.74) is 0.854. The van der Waals surface area contributed by atoms with E-state index in [0.717, 1.165) is 12.8 Å². The number of rotatable bonds is 4. The molecule has 0 bridgehead atoms. The molecule has 1 atom stereocenters. The van der Waals surface area contributed by atoms with Crippen LogP contribution in [0.5, 0.6) is 5.75 Å². The minimum Gasteiger partial charge on any atom is -0.492 e. The lowest BCUT2D eigenvalue weighted by Gasteiger charge is -2.32. The maximum absolute atomic E-state index is 12.3. The number of methoxy groups -OCH3 is 1. The molecule has 0 spiro atoms. The monoisotopic (exact) mass is 346 g/mol. The van der Waals surface area contributed by atoms with Crippen LogP contribution in [0.1, 0.15) is 25.3 Å². The predicted octanol–water partition coefficient (Wildman–Crippen LogP) is 2.31. The number of piperidine rings is 1. The normalized spacial score (nSPS) is 16.5. The van der Waals surface area contributed by atoms with Crippen LogP contribution in [0.15, 0.2) is 18.2 Å². The Labute approximate surface area is 146 Å². The molecule has 1 aliphatic heterocycles. The van der Waals surface area contributed by atoms with E-state index in [1.807, 2.05) is 13.0 Å². The number of anilines is 1. The summed E-state index contributed by atoms with van der Waals surface area (Å²) in [5.74, 6) is 0.497. The smallest absolute Gasteiger partial charge is 0.409 e. The van der Waals surface area contributed by atoms with Gasteiger partial charge in [0.25, 0.3) is 0 Å². The van der Waals surface area contributed by atoms with E-state index in [1.54, 1.807) is 23.1 Å². The van der Waals surface area contributed by atoms with E-state index in [-0.39, 0.29) is 6.04 Å². The third-order valence-electron chi connectivity index (χ3n) is 3.85. The van der Waals surface area contributed by atoms with Crippen molar-refractivity contribution in [3.8, 4) is 11.8 Å². The quantitative estimate of drug-likeness (QED) is 0.871. The second kappa shape index (κ2) is 8.78. The van der Waals surface area contributed by atoms with Crippen LogP contribution in [0.3, 0.4) is 0 Å². The molecule has 1 unspecified atom stereocenters. The lowest BCUT2D eigenvalue weighted by atomic mass is 10.1. The fourth-order valence-corrected chi connectivity index (χ4v) is 2.71. The first-order valence-corrected chi connectivity index (χ1v) is 8.14. The van der Waals surface area contributed by atoms with Crippen LogP contribution in [0.25, 0.3) is 0 Å². The summed E-state index contributed by atoms with van der Waals surface area (Å²) in [4.78, 5) is 25.5. The summed E-state index contributed by atoms with van der Waals surface area (Å²) < 4.78 is 10.2. The fraction of sp³-hybridized carbons (Fsp3) is 0.471. The van der Waals surface area contributed by atoms with Gasteiger partial charge < -0.3 is 25.0 Å². The van der Waals surface area contributed by atoms with Crippen LogP contribution in [0.4, 0.5) is 15.3 Å². The lowest BCUT2D eigenvalue weighted by molar-refractivity contribution is 0.108. The fourth-order valence-electron chi connectivity index (χ4n) is 2.71. The van der Waals surface area contributed by atoms with Crippen molar-refractivity contribution < 1.29 is 19.1 Å². The highest BCUT2D eigenvalue weighted by molar-refractivity contribution is 5.91. The number of nitrogens with zero attached hydrogens (tertiary/aromatic N) is 2. The van der Waals surface area contributed by atoms with Gasteiger partial charge in [-0.2, -0.15) is 5.26 Å². The number of carbonyl (C=O) groups is 2. The molecule has 1 aromatic rings. The van der Waals surface area contributed by atoms with Gasteiger partial charge in [-0.25, -0.2) is 9.59 Å². The van der Waals surface area contributed by atoms with Crippen LogP contribution in [0.2, 0.25) is 0 Å². The molecule has 1 aromatic carbocycles. The number of hydrogen-bond donors (Lipinski definition) is 2. The Morgan fingerprint density at radius 3 is 2.92 bits per heavy atom. The minimum atomic E-state index is -0.409. The number of nitrogens with one attached hydrogen (secondary N) is 2. The van der Waals surface area contributed by atoms with Gasteiger partial charge in [0.05, 0.1) is 31.0 Å². The zero-order chi connectivity index (χ0) is 18.2. The molecule has 2 N–H and O–H groups in total. The van der Waals surface area contributed by atoms with Crippen LogP contribution < -0.4 is 15.4 Å². The molecule has 3 amide bonds. The maximum atomic E-state index is 12.3. The molecule has 1 heterocycles. The number of ether oxygens (including phenoxy) is 2. The Kier molecular flexibility index (Phi) is 6.46. The molecule has 1 aliphatic rings. The summed E-state index contributed by atoms with van der Waals surface area (Å²) in [6.07, 6.45) is 1.17. The summed E-state index contributed by atoms with van der Waals surface area (Å²) in [6.45, 7) is 3.30. The van der Waals surface area contributed by atoms with E-state index in [4.69, 9.17) is 14.7 Å². The second-order valence-corrected chi connectivity index (χ2v) is 5.61. The zero-order valence-electron chi connectivity index (χ0n) is 14.4. The lowest BCUT2D eigenvalue weighted by Crippen LogP contribution is -2.50. The first kappa shape index (κ1) is 18.4. The van der Waals surface area contributed by atoms with E-state index in [9.17, 15) is 9.59 Å². The van der Waals surface area contributed by atoms with Crippen LogP contribution in [0, 0.1) is 11.3 Å². The van der Waals surface area contributed by atoms with E-state index in [2.05, 4.69) is 10.6 Å². The second-order valence-electron chi connectivity index (χ2n) is 5.61. The molecule has 1 saturated heterocycles. The number of carbonyl (C=O) groups excluding carboxylic acids is 2. The number of amides is 3. The first-order chi connectivity index (χ1) is 12.1. The molecule has 0 radical (unpaired) electrons. The molecule has 0 saturated carbocycles. The Bertz CT molecular complexity index is 671. The van der Waals surface area contributed by atoms with Gasteiger partial charge in [0, 0.05) is 19.1 Å². The van der Waals surface area contributed by atoms with Crippen molar-refractivity contribution in [3.63, 3.8) is 0 Å². The molecule has 2 rings (SSSR count). The van der Waals surface area contributed by atoms with Gasteiger partial charge in [0.2, 0.25) is 0 Å². The first-order valence-electron chi connectivity index (χ1n) is 8.14. The average molecular weight is 346 g/mol. The molecule has 25 heavy (non-hydrogen) atoms. The van der Waals surface area contributed by atoms with Crippen LogP contribution in [-0.2, 0) is 4.74 Å². The number of benzene rings is 1. The topological polar surface area (TPSA) is 104 Å². The molecule has 1 fully saturated rings. The van der Waals surface area contributed by atoms with Gasteiger partial charge in [-0.05, 0) is 38.0 Å². The van der Waals surface area contributed by atoms with E-state index in [0.29, 0.717) is 36.7 Å². The van der Waals surface area contributed by atoms with Gasteiger partial charge in [-0.3, -0.25) is 0 Å². The molecule has 8 nitrogen and oxygen atoms in total. The number of urea groups is 1. The highest BCUT2D eigenvalue weighted by Crippen LogP contribution is 2.25. The number of likely N-dealkylation sites (tertiary alicyclic amines) is 1. The minimum absolute atomic E-state index is 0.164. The van der Waals surface area contributed by atoms with Crippen molar-refractivity contribution in [1.29, 1.82) is 5.26 Å². The molecular formula is C17H22N4O4. The molecule has 8 heteroatoms. The Balaban J connectivity index is 2.00. The Morgan fingerprint density at radius 1 is 1.44 bits per heavy atom. The highest BCUT2D eigenvalue weighted by atomic mass is 16.5. The van der Waals surface area contributed by atoms with E-state index in [1.165, 1.54) is 7.11 Å². The average Bonchev–Trinajstić information content (AvgIpc) is 2.62. The predicted molar refractivity (Wildman–Crippen MR) is 91.5 cm³/mol. The third kappa shape index (κ3) is 5.01. The van der Waals surface area contributed by atoms with E-state index < -0.39 is 12.1 Å². The van der Waals surface area contributed by atoms with Crippen molar-refractivity contribution in [2.75, 3.05) is 32.1 Å². The van der Waals surface area contributed by atoms with E-state index >= 15 is 0 Å².